The summed E-state index contributed by atoms with van der Waals surface area (Å²) < 4.78 is 2.36. The predicted molar refractivity (Wildman–Crippen MR) is 62.1 cm³/mol. The van der Waals surface area contributed by atoms with Crippen LogP contribution in [0, 0.1) is 5.92 Å². The molecule has 1 fully saturated rings. The standard InChI is InChI=1S/C12H20N4/c1-9-5-6-11-14-15-12(16(11)8-9)10-4-2-3-7-13-10/h9-10,13H,2-8H2,1H3. The zero-order chi connectivity index (χ0) is 11.0. The Morgan fingerprint density at radius 3 is 3.00 bits per heavy atom. The second-order valence-corrected chi connectivity index (χ2v) is 5.23. The van der Waals surface area contributed by atoms with Crippen LogP contribution in [0.3, 0.4) is 0 Å². The summed E-state index contributed by atoms with van der Waals surface area (Å²) in [6.07, 6.45) is 6.19. The highest BCUT2D eigenvalue weighted by atomic mass is 15.3. The fraction of sp³-hybridized carbons (Fsp3) is 0.833. The van der Waals surface area contributed by atoms with E-state index in [9.17, 15) is 0 Å². The molecule has 3 rings (SSSR count). The van der Waals surface area contributed by atoms with Crippen LogP contribution in [0.1, 0.15) is 50.3 Å². The molecule has 4 nitrogen and oxygen atoms in total. The van der Waals surface area contributed by atoms with Crippen molar-refractivity contribution in [2.45, 2.75) is 51.6 Å². The number of aryl methyl sites for hydroxylation is 1. The van der Waals surface area contributed by atoms with E-state index in [0.717, 1.165) is 25.4 Å². The van der Waals surface area contributed by atoms with E-state index in [1.807, 2.05) is 0 Å². The number of nitrogens with one attached hydrogen (secondary N) is 1. The summed E-state index contributed by atoms with van der Waals surface area (Å²) in [4.78, 5) is 0. The Kier molecular flexibility index (Phi) is 2.67. The van der Waals surface area contributed by atoms with Gasteiger partial charge in [0.25, 0.3) is 0 Å². The van der Waals surface area contributed by atoms with Crippen LogP contribution in [0.5, 0.6) is 0 Å². The molecule has 2 atom stereocenters. The normalized spacial score (nSPS) is 30.1. The first-order valence-electron chi connectivity index (χ1n) is 6.50. The molecule has 1 aromatic rings. The molecule has 0 amide bonds. The van der Waals surface area contributed by atoms with Crippen LogP contribution in [0.2, 0.25) is 0 Å². The Morgan fingerprint density at radius 1 is 1.25 bits per heavy atom. The molecular formula is C12H20N4. The van der Waals surface area contributed by atoms with Crippen molar-refractivity contribution in [3.05, 3.63) is 11.6 Å². The van der Waals surface area contributed by atoms with Gasteiger partial charge >= 0.3 is 0 Å². The van der Waals surface area contributed by atoms with Gasteiger partial charge in [0.2, 0.25) is 0 Å². The lowest BCUT2D eigenvalue weighted by Crippen LogP contribution is -2.31. The smallest absolute Gasteiger partial charge is 0.150 e. The zero-order valence-corrected chi connectivity index (χ0v) is 9.95. The first-order valence-corrected chi connectivity index (χ1v) is 6.50. The van der Waals surface area contributed by atoms with Crippen LogP contribution in [0.15, 0.2) is 0 Å². The molecule has 88 valence electrons. The van der Waals surface area contributed by atoms with E-state index in [1.54, 1.807) is 0 Å². The van der Waals surface area contributed by atoms with Crippen molar-refractivity contribution in [3.8, 4) is 0 Å². The van der Waals surface area contributed by atoms with E-state index in [2.05, 4.69) is 27.0 Å². The molecule has 0 spiro atoms. The van der Waals surface area contributed by atoms with Crippen LogP contribution in [0.25, 0.3) is 0 Å². The van der Waals surface area contributed by atoms with Gasteiger partial charge in [-0.15, -0.1) is 10.2 Å². The lowest BCUT2D eigenvalue weighted by atomic mass is 10.00. The Bertz CT molecular complexity index is 365. The maximum atomic E-state index is 4.41. The molecule has 2 aliphatic rings. The Balaban J connectivity index is 1.86. The molecule has 1 N–H and O–H groups in total. The van der Waals surface area contributed by atoms with Gasteiger partial charge in [-0.25, -0.2) is 0 Å². The molecule has 16 heavy (non-hydrogen) atoms. The van der Waals surface area contributed by atoms with E-state index in [-0.39, 0.29) is 0 Å². The quantitative estimate of drug-likeness (QED) is 0.783. The summed E-state index contributed by atoms with van der Waals surface area (Å²) in [6.45, 7) is 4.55. The van der Waals surface area contributed by atoms with E-state index >= 15 is 0 Å². The molecule has 0 saturated carbocycles. The Hall–Kier alpha value is -0.900. The molecule has 0 bridgehead atoms. The fourth-order valence-electron chi connectivity index (χ4n) is 2.84. The van der Waals surface area contributed by atoms with Crippen LogP contribution >= 0.6 is 0 Å². The second kappa shape index (κ2) is 4.17. The highest BCUT2D eigenvalue weighted by Crippen LogP contribution is 2.26. The van der Waals surface area contributed by atoms with Gasteiger partial charge in [0.15, 0.2) is 0 Å². The molecule has 0 radical (unpaired) electrons. The van der Waals surface area contributed by atoms with Crippen LogP contribution < -0.4 is 5.32 Å². The summed E-state index contributed by atoms with van der Waals surface area (Å²) in [5.41, 5.74) is 0. The van der Waals surface area contributed by atoms with Gasteiger partial charge in [0.05, 0.1) is 6.04 Å². The van der Waals surface area contributed by atoms with Crippen molar-refractivity contribution in [2.75, 3.05) is 6.54 Å². The highest BCUT2D eigenvalue weighted by molar-refractivity contribution is 5.05. The first kappa shape index (κ1) is 10.3. The topological polar surface area (TPSA) is 42.7 Å². The van der Waals surface area contributed by atoms with Crippen LogP contribution in [-0.4, -0.2) is 21.3 Å². The van der Waals surface area contributed by atoms with Crippen molar-refractivity contribution >= 4 is 0 Å². The van der Waals surface area contributed by atoms with Gasteiger partial charge in [-0.1, -0.05) is 13.3 Å². The second-order valence-electron chi connectivity index (χ2n) is 5.23. The summed E-state index contributed by atoms with van der Waals surface area (Å²) in [6, 6.07) is 0.445. The van der Waals surface area contributed by atoms with E-state index in [1.165, 1.54) is 37.3 Å². The minimum absolute atomic E-state index is 0.445. The van der Waals surface area contributed by atoms with Gasteiger partial charge in [-0.3, -0.25) is 0 Å². The van der Waals surface area contributed by atoms with E-state index < -0.39 is 0 Å². The van der Waals surface area contributed by atoms with E-state index in [0.29, 0.717) is 6.04 Å². The van der Waals surface area contributed by atoms with Gasteiger partial charge < -0.3 is 9.88 Å². The molecule has 2 unspecified atom stereocenters. The molecule has 4 heteroatoms. The van der Waals surface area contributed by atoms with Gasteiger partial charge in [0.1, 0.15) is 11.6 Å². The third kappa shape index (κ3) is 1.75. The Labute approximate surface area is 96.4 Å². The number of fused-ring (bicyclic) bond motifs is 1. The summed E-state index contributed by atoms with van der Waals surface area (Å²) in [5, 5.41) is 12.3. The number of hydrogen-bond donors (Lipinski definition) is 1. The minimum atomic E-state index is 0.445. The fourth-order valence-corrected chi connectivity index (χ4v) is 2.84. The minimum Gasteiger partial charge on any atom is -0.313 e. The molecule has 2 aliphatic heterocycles. The third-order valence-electron chi connectivity index (χ3n) is 3.83. The maximum Gasteiger partial charge on any atom is 0.150 e. The summed E-state index contributed by atoms with van der Waals surface area (Å²) >= 11 is 0. The number of rotatable bonds is 1. The van der Waals surface area contributed by atoms with E-state index in [4.69, 9.17) is 0 Å². The SMILES string of the molecule is CC1CCc2nnc(C3CCCCN3)n2C1. The molecule has 3 heterocycles. The van der Waals surface area contributed by atoms with Crippen molar-refractivity contribution in [1.29, 1.82) is 0 Å². The van der Waals surface area contributed by atoms with Crippen molar-refractivity contribution in [2.24, 2.45) is 5.92 Å². The average Bonchev–Trinajstić information content (AvgIpc) is 2.73. The monoisotopic (exact) mass is 220 g/mol. The van der Waals surface area contributed by atoms with Crippen molar-refractivity contribution in [3.63, 3.8) is 0 Å². The number of hydrogen-bond acceptors (Lipinski definition) is 3. The first-order chi connectivity index (χ1) is 7.84. The van der Waals surface area contributed by atoms with Gasteiger partial charge in [0, 0.05) is 13.0 Å². The lowest BCUT2D eigenvalue weighted by Gasteiger charge is -2.26. The average molecular weight is 220 g/mol. The van der Waals surface area contributed by atoms with Crippen molar-refractivity contribution < 1.29 is 0 Å². The van der Waals surface area contributed by atoms with Gasteiger partial charge in [-0.2, -0.15) is 0 Å². The Morgan fingerprint density at radius 2 is 2.19 bits per heavy atom. The molecule has 0 aromatic carbocycles. The summed E-state index contributed by atoms with van der Waals surface area (Å²) in [7, 11) is 0. The number of piperidine rings is 1. The highest BCUT2D eigenvalue weighted by Gasteiger charge is 2.25. The molecular weight excluding hydrogens is 200 g/mol. The zero-order valence-electron chi connectivity index (χ0n) is 9.95. The van der Waals surface area contributed by atoms with Crippen LogP contribution in [0.4, 0.5) is 0 Å². The van der Waals surface area contributed by atoms with Gasteiger partial charge in [-0.05, 0) is 31.7 Å². The summed E-state index contributed by atoms with van der Waals surface area (Å²) in [5.74, 6) is 3.15. The lowest BCUT2D eigenvalue weighted by molar-refractivity contribution is 0.346. The molecule has 1 aromatic heterocycles. The van der Waals surface area contributed by atoms with Crippen LogP contribution in [-0.2, 0) is 13.0 Å². The van der Waals surface area contributed by atoms with Crippen molar-refractivity contribution in [1.82, 2.24) is 20.1 Å². The largest absolute Gasteiger partial charge is 0.313 e. The maximum absolute atomic E-state index is 4.41. The molecule has 1 saturated heterocycles. The number of aromatic nitrogens is 3. The molecule has 0 aliphatic carbocycles. The number of nitrogens with zero attached hydrogens (tertiary/aromatic N) is 3. The predicted octanol–water partition coefficient (Wildman–Crippen LogP) is 1.68. The third-order valence-corrected chi connectivity index (χ3v) is 3.83.